The molecule has 0 saturated carbocycles. The third-order valence-electron chi connectivity index (χ3n) is 6.01. The molecule has 9 nitrogen and oxygen atoms in total. The highest BCUT2D eigenvalue weighted by Gasteiger charge is 2.26. The van der Waals surface area contributed by atoms with Crippen molar-refractivity contribution < 1.29 is 9.53 Å². The minimum atomic E-state index is -0.330. The largest absolute Gasteiger partial charge is 0.493 e. The van der Waals surface area contributed by atoms with Crippen LogP contribution in [0.2, 0.25) is 5.02 Å². The predicted octanol–water partition coefficient (Wildman–Crippen LogP) is 4.74. The fraction of sp³-hybridized carbons (Fsp3) is 0.308. The normalized spacial score (nSPS) is 11.8. The highest BCUT2D eigenvalue weighted by Crippen LogP contribution is 2.43. The second-order valence-corrected chi connectivity index (χ2v) is 8.97. The van der Waals surface area contributed by atoms with Gasteiger partial charge in [-0.05, 0) is 39.8 Å². The highest BCUT2D eigenvalue weighted by molar-refractivity contribution is 6.32. The van der Waals surface area contributed by atoms with Crippen molar-refractivity contribution in [3.63, 3.8) is 0 Å². The van der Waals surface area contributed by atoms with Crippen molar-refractivity contribution >= 4 is 28.5 Å². The van der Waals surface area contributed by atoms with Crippen LogP contribution in [0.15, 0.2) is 30.7 Å². The standard InChI is InChI=1S/C26H26ClN7O2/c1-7-36-24-18(16(4)34-25-22(15(3)32-34)14(2)30-13-31-25)10-20(27)19(11-28)23(24)17-8-9-21(29-12-17)26(35)33(5)6/h8-10,12-13,16H,7H2,1-6H3. The first-order chi connectivity index (χ1) is 17.2. The molecule has 0 bridgehead atoms. The summed E-state index contributed by atoms with van der Waals surface area (Å²) < 4.78 is 7.95. The van der Waals surface area contributed by atoms with Crippen LogP contribution in [0.3, 0.4) is 0 Å². The van der Waals surface area contributed by atoms with Crippen molar-refractivity contribution in [2.45, 2.75) is 33.7 Å². The van der Waals surface area contributed by atoms with Gasteiger partial charge in [0.2, 0.25) is 0 Å². The van der Waals surface area contributed by atoms with E-state index in [1.807, 2.05) is 32.4 Å². The summed E-state index contributed by atoms with van der Waals surface area (Å²) >= 11 is 6.65. The van der Waals surface area contributed by atoms with E-state index in [-0.39, 0.29) is 22.5 Å². The van der Waals surface area contributed by atoms with Crippen LogP contribution in [0.4, 0.5) is 0 Å². The maximum Gasteiger partial charge on any atom is 0.271 e. The number of ether oxygens (including phenoxy) is 1. The third kappa shape index (κ3) is 4.25. The molecule has 0 fully saturated rings. The monoisotopic (exact) mass is 503 g/mol. The lowest BCUT2D eigenvalue weighted by Gasteiger charge is -2.22. The van der Waals surface area contributed by atoms with E-state index in [2.05, 4.69) is 21.0 Å². The number of aryl methyl sites for hydroxylation is 2. The van der Waals surface area contributed by atoms with Crippen LogP contribution in [0.1, 0.15) is 52.9 Å². The Morgan fingerprint density at radius 3 is 2.58 bits per heavy atom. The fourth-order valence-electron chi connectivity index (χ4n) is 4.26. The molecule has 1 aromatic carbocycles. The number of halogens is 1. The van der Waals surface area contributed by atoms with Crippen LogP contribution in [0.5, 0.6) is 5.75 Å². The zero-order valence-electron chi connectivity index (χ0n) is 21.0. The molecule has 0 aliphatic heterocycles. The Balaban J connectivity index is 1.94. The summed E-state index contributed by atoms with van der Waals surface area (Å²) in [6.45, 7) is 8.06. The third-order valence-corrected chi connectivity index (χ3v) is 6.31. The molecule has 0 spiro atoms. The smallest absolute Gasteiger partial charge is 0.271 e. The van der Waals surface area contributed by atoms with E-state index in [0.29, 0.717) is 34.8 Å². The lowest BCUT2D eigenvalue weighted by molar-refractivity contribution is 0.0822. The molecule has 1 atom stereocenters. The molecule has 0 N–H and O–H groups in total. The molecule has 0 aliphatic carbocycles. The molecule has 184 valence electrons. The molecule has 3 heterocycles. The maximum absolute atomic E-state index is 12.3. The van der Waals surface area contributed by atoms with Crippen LogP contribution in [0, 0.1) is 25.2 Å². The number of rotatable bonds is 6. The Hall–Kier alpha value is -4.03. The quantitative estimate of drug-likeness (QED) is 0.373. The Kier molecular flexibility index (Phi) is 6.91. The van der Waals surface area contributed by atoms with E-state index in [1.54, 1.807) is 38.5 Å². The molecule has 0 aliphatic rings. The highest BCUT2D eigenvalue weighted by atomic mass is 35.5. The Bertz CT molecular complexity index is 1500. The van der Waals surface area contributed by atoms with Crippen molar-refractivity contribution in [1.82, 2.24) is 29.6 Å². The molecule has 36 heavy (non-hydrogen) atoms. The zero-order chi connectivity index (χ0) is 26.1. The Labute approximate surface area is 214 Å². The fourth-order valence-corrected chi connectivity index (χ4v) is 4.52. The number of carbonyl (C=O) groups excluding carboxylic acids is 1. The molecule has 1 amide bonds. The van der Waals surface area contributed by atoms with Gasteiger partial charge in [0.1, 0.15) is 23.8 Å². The van der Waals surface area contributed by atoms with E-state index in [9.17, 15) is 10.1 Å². The average molecular weight is 504 g/mol. The molecule has 0 saturated heterocycles. The van der Waals surface area contributed by atoms with Gasteiger partial charge in [0.05, 0.1) is 40.0 Å². The molecular formula is C26H26ClN7O2. The number of amides is 1. The number of benzene rings is 1. The summed E-state index contributed by atoms with van der Waals surface area (Å²) in [6, 6.07) is 6.99. The summed E-state index contributed by atoms with van der Waals surface area (Å²) in [5.41, 5.74) is 4.80. The van der Waals surface area contributed by atoms with Crippen molar-refractivity contribution in [1.29, 1.82) is 5.26 Å². The molecular weight excluding hydrogens is 478 g/mol. The van der Waals surface area contributed by atoms with Crippen molar-refractivity contribution in [3.8, 4) is 22.9 Å². The second kappa shape index (κ2) is 9.91. The van der Waals surface area contributed by atoms with Crippen molar-refractivity contribution in [2.24, 2.45) is 0 Å². The molecule has 0 radical (unpaired) electrons. The van der Waals surface area contributed by atoms with Crippen molar-refractivity contribution in [3.05, 3.63) is 64.0 Å². The van der Waals surface area contributed by atoms with Crippen LogP contribution in [-0.4, -0.2) is 56.2 Å². The molecule has 4 aromatic rings. The number of pyridine rings is 1. The summed E-state index contributed by atoms with van der Waals surface area (Å²) in [5.74, 6) is 0.289. The zero-order valence-corrected chi connectivity index (χ0v) is 21.8. The van der Waals surface area contributed by atoms with E-state index in [4.69, 9.17) is 21.4 Å². The van der Waals surface area contributed by atoms with Gasteiger partial charge < -0.3 is 9.64 Å². The number of hydrogen-bond acceptors (Lipinski definition) is 7. The van der Waals surface area contributed by atoms with Crippen LogP contribution < -0.4 is 4.74 Å². The van der Waals surface area contributed by atoms with E-state index < -0.39 is 0 Å². The number of hydrogen-bond donors (Lipinski definition) is 0. The Morgan fingerprint density at radius 1 is 1.22 bits per heavy atom. The van der Waals surface area contributed by atoms with E-state index >= 15 is 0 Å². The lowest BCUT2D eigenvalue weighted by atomic mass is 9.94. The van der Waals surface area contributed by atoms with Gasteiger partial charge in [0.15, 0.2) is 5.65 Å². The predicted molar refractivity (Wildman–Crippen MR) is 137 cm³/mol. The van der Waals surface area contributed by atoms with Gasteiger partial charge in [-0.15, -0.1) is 0 Å². The Morgan fingerprint density at radius 2 is 1.97 bits per heavy atom. The first-order valence-corrected chi connectivity index (χ1v) is 11.8. The van der Waals surface area contributed by atoms with Gasteiger partial charge in [0.25, 0.3) is 5.91 Å². The van der Waals surface area contributed by atoms with Gasteiger partial charge in [-0.2, -0.15) is 10.4 Å². The van der Waals surface area contributed by atoms with Gasteiger partial charge in [-0.3, -0.25) is 9.78 Å². The maximum atomic E-state index is 12.3. The van der Waals surface area contributed by atoms with E-state index in [1.165, 1.54) is 11.2 Å². The van der Waals surface area contributed by atoms with Gasteiger partial charge in [-0.25, -0.2) is 14.6 Å². The summed E-state index contributed by atoms with van der Waals surface area (Å²) in [4.78, 5) is 26.9. The first kappa shape index (κ1) is 25.1. The van der Waals surface area contributed by atoms with Gasteiger partial charge >= 0.3 is 0 Å². The van der Waals surface area contributed by atoms with Crippen LogP contribution in [-0.2, 0) is 0 Å². The molecule has 1 unspecified atom stereocenters. The SMILES string of the molecule is CCOc1c(C(C)n2nc(C)c3c(C)ncnc32)cc(Cl)c(C#N)c1-c1ccc(C(=O)N(C)C)nc1. The van der Waals surface area contributed by atoms with Crippen LogP contribution >= 0.6 is 11.6 Å². The first-order valence-electron chi connectivity index (χ1n) is 11.4. The minimum absolute atomic E-state index is 0.217. The summed E-state index contributed by atoms with van der Waals surface area (Å²) in [5, 5.41) is 15.9. The number of carbonyl (C=O) groups is 1. The molecule has 4 rings (SSSR count). The number of fused-ring (bicyclic) bond motifs is 1. The topological polar surface area (TPSA) is 110 Å². The second-order valence-electron chi connectivity index (χ2n) is 8.57. The summed E-state index contributed by atoms with van der Waals surface area (Å²) in [7, 11) is 3.33. The van der Waals surface area contributed by atoms with Crippen LogP contribution in [0.25, 0.3) is 22.2 Å². The number of nitriles is 1. The lowest BCUT2D eigenvalue weighted by Crippen LogP contribution is -2.22. The average Bonchev–Trinajstić information content (AvgIpc) is 3.21. The molecule has 10 heteroatoms. The van der Waals surface area contributed by atoms with Gasteiger partial charge in [-0.1, -0.05) is 17.7 Å². The minimum Gasteiger partial charge on any atom is -0.493 e. The van der Waals surface area contributed by atoms with Crippen molar-refractivity contribution in [2.75, 3.05) is 20.7 Å². The summed E-state index contributed by atoms with van der Waals surface area (Å²) in [6.07, 6.45) is 3.08. The van der Waals surface area contributed by atoms with Gasteiger partial charge in [0, 0.05) is 37.0 Å². The number of nitrogens with zero attached hydrogens (tertiary/aromatic N) is 7. The van der Waals surface area contributed by atoms with E-state index in [0.717, 1.165) is 22.3 Å². The number of aromatic nitrogens is 5. The molecule has 3 aromatic heterocycles.